The number of para-hydroxylation sites is 1. The van der Waals surface area contributed by atoms with E-state index in [4.69, 9.17) is 10.5 Å². The fourth-order valence-electron chi connectivity index (χ4n) is 2.66. The van der Waals surface area contributed by atoms with Crippen LogP contribution in [-0.2, 0) is 6.54 Å². The summed E-state index contributed by atoms with van der Waals surface area (Å²) < 4.78 is 5.42. The first-order valence-electron chi connectivity index (χ1n) is 7.10. The van der Waals surface area contributed by atoms with E-state index in [1.807, 2.05) is 12.1 Å². The van der Waals surface area contributed by atoms with Gasteiger partial charge in [0, 0.05) is 38.3 Å². The molecule has 0 unspecified atom stereocenters. The number of rotatable bonds is 5. The van der Waals surface area contributed by atoms with Gasteiger partial charge in [-0.1, -0.05) is 18.2 Å². The Morgan fingerprint density at radius 3 is 2.63 bits per heavy atom. The highest BCUT2D eigenvalue weighted by Gasteiger charge is 2.15. The van der Waals surface area contributed by atoms with Gasteiger partial charge in [0.25, 0.3) is 0 Å². The molecule has 0 aromatic heterocycles. The number of nitrogens with zero attached hydrogens (tertiary/aromatic N) is 2. The fraction of sp³-hybridized carbons (Fsp3) is 0.600. The lowest BCUT2D eigenvalue weighted by Gasteiger charge is -2.22. The van der Waals surface area contributed by atoms with Crippen molar-refractivity contribution >= 4 is 0 Å². The Balaban J connectivity index is 1.92. The van der Waals surface area contributed by atoms with E-state index >= 15 is 0 Å². The van der Waals surface area contributed by atoms with Gasteiger partial charge in [-0.3, -0.25) is 4.90 Å². The fourth-order valence-corrected chi connectivity index (χ4v) is 2.66. The second-order valence-electron chi connectivity index (χ2n) is 5.07. The molecule has 2 N–H and O–H groups in total. The Morgan fingerprint density at radius 2 is 1.84 bits per heavy atom. The average molecular weight is 263 g/mol. The van der Waals surface area contributed by atoms with E-state index in [1.165, 1.54) is 18.5 Å². The van der Waals surface area contributed by atoms with Crippen molar-refractivity contribution < 1.29 is 4.74 Å². The summed E-state index contributed by atoms with van der Waals surface area (Å²) in [5.41, 5.74) is 6.91. The van der Waals surface area contributed by atoms with E-state index in [9.17, 15) is 0 Å². The molecule has 1 fully saturated rings. The van der Waals surface area contributed by atoms with Crippen LogP contribution in [0.15, 0.2) is 24.3 Å². The molecular formula is C15H25N3O. The van der Waals surface area contributed by atoms with E-state index in [-0.39, 0.29) is 0 Å². The van der Waals surface area contributed by atoms with Crippen LogP contribution in [0.2, 0.25) is 0 Å². The molecule has 2 rings (SSSR count). The van der Waals surface area contributed by atoms with Gasteiger partial charge >= 0.3 is 0 Å². The van der Waals surface area contributed by atoms with Crippen LogP contribution in [0.25, 0.3) is 0 Å². The zero-order valence-corrected chi connectivity index (χ0v) is 11.8. The van der Waals surface area contributed by atoms with Gasteiger partial charge in [0.05, 0.1) is 7.11 Å². The lowest BCUT2D eigenvalue weighted by Crippen LogP contribution is -2.33. The molecule has 4 nitrogen and oxygen atoms in total. The first-order chi connectivity index (χ1) is 9.33. The van der Waals surface area contributed by atoms with Gasteiger partial charge in [-0.2, -0.15) is 0 Å². The lowest BCUT2D eigenvalue weighted by atomic mass is 10.2. The minimum Gasteiger partial charge on any atom is -0.496 e. The molecule has 1 saturated heterocycles. The molecule has 1 aromatic rings. The maximum Gasteiger partial charge on any atom is 0.123 e. The smallest absolute Gasteiger partial charge is 0.123 e. The van der Waals surface area contributed by atoms with Crippen molar-refractivity contribution in [2.75, 3.05) is 46.4 Å². The number of hydrogen-bond donors (Lipinski definition) is 1. The largest absolute Gasteiger partial charge is 0.496 e. The van der Waals surface area contributed by atoms with Crippen LogP contribution in [0.3, 0.4) is 0 Å². The molecule has 19 heavy (non-hydrogen) atoms. The van der Waals surface area contributed by atoms with Crippen molar-refractivity contribution in [3.05, 3.63) is 29.8 Å². The van der Waals surface area contributed by atoms with Gasteiger partial charge in [0.2, 0.25) is 0 Å². The zero-order chi connectivity index (χ0) is 13.5. The van der Waals surface area contributed by atoms with Gasteiger partial charge < -0.3 is 15.4 Å². The molecule has 0 spiro atoms. The molecule has 1 aromatic carbocycles. The molecule has 106 valence electrons. The zero-order valence-electron chi connectivity index (χ0n) is 11.8. The van der Waals surface area contributed by atoms with Gasteiger partial charge in [0.1, 0.15) is 5.75 Å². The third-order valence-corrected chi connectivity index (χ3v) is 3.71. The van der Waals surface area contributed by atoms with E-state index in [2.05, 4.69) is 21.9 Å². The summed E-state index contributed by atoms with van der Waals surface area (Å²) in [4.78, 5) is 4.97. The van der Waals surface area contributed by atoms with Gasteiger partial charge in [-0.05, 0) is 25.6 Å². The van der Waals surface area contributed by atoms with E-state index in [1.54, 1.807) is 7.11 Å². The molecule has 0 atom stereocenters. The molecule has 1 heterocycles. The standard InChI is InChI=1S/C15H25N3O/c1-19-15-6-3-2-5-14(15)13-18-9-4-8-17(10-7-16)11-12-18/h2-3,5-6H,4,7-13,16H2,1H3. The molecule has 0 radical (unpaired) electrons. The Morgan fingerprint density at radius 1 is 1.11 bits per heavy atom. The van der Waals surface area contributed by atoms with E-state index in [0.717, 1.165) is 45.0 Å². The molecule has 0 aliphatic carbocycles. The van der Waals surface area contributed by atoms with Crippen molar-refractivity contribution in [2.24, 2.45) is 5.73 Å². The van der Waals surface area contributed by atoms with Crippen molar-refractivity contribution in [1.82, 2.24) is 9.80 Å². The lowest BCUT2D eigenvalue weighted by molar-refractivity contribution is 0.252. The number of hydrogen-bond acceptors (Lipinski definition) is 4. The van der Waals surface area contributed by atoms with Crippen LogP contribution in [0.5, 0.6) is 5.75 Å². The van der Waals surface area contributed by atoms with Crippen molar-refractivity contribution in [3.63, 3.8) is 0 Å². The Hall–Kier alpha value is -1.10. The third-order valence-electron chi connectivity index (χ3n) is 3.71. The topological polar surface area (TPSA) is 41.7 Å². The van der Waals surface area contributed by atoms with Crippen LogP contribution in [-0.4, -0.2) is 56.2 Å². The summed E-state index contributed by atoms with van der Waals surface area (Å²) in [6.07, 6.45) is 1.22. The van der Waals surface area contributed by atoms with Crippen LogP contribution in [0, 0.1) is 0 Å². The molecule has 0 bridgehead atoms. The Kier molecular flexibility index (Phi) is 5.63. The number of methoxy groups -OCH3 is 1. The first-order valence-corrected chi connectivity index (χ1v) is 7.10. The predicted octanol–water partition coefficient (Wildman–Crippen LogP) is 1.16. The highest BCUT2D eigenvalue weighted by molar-refractivity contribution is 5.33. The average Bonchev–Trinajstić information content (AvgIpc) is 2.66. The highest BCUT2D eigenvalue weighted by atomic mass is 16.5. The SMILES string of the molecule is COc1ccccc1CN1CCCN(CCN)CC1. The first kappa shape index (κ1) is 14.3. The van der Waals surface area contributed by atoms with Crippen LogP contribution in [0.4, 0.5) is 0 Å². The summed E-state index contributed by atoms with van der Waals surface area (Å²) in [6, 6.07) is 8.29. The molecule has 1 aliphatic rings. The van der Waals surface area contributed by atoms with E-state index in [0.29, 0.717) is 0 Å². The number of benzene rings is 1. The van der Waals surface area contributed by atoms with Crippen molar-refractivity contribution in [1.29, 1.82) is 0 Å². The predicted molar refractivity (Wildman–Crippen MR) is 78.4 cm³/mol. The normalized spacial score (nSPS) is 18.2. The van der Waals surface area contributed by atoms with Gasteiger partial charge in [-0.15, -0.1) is 0 Å². The second-order valence-corrected chi connectivity index (χ2v) is 5.07. The maximum absolute atomic E-state index is 5.63. The summed E-state index contributed by atoms with van der Waals surface area (Å²) in [5, 5.41) is 0. The van der Waals surface area contributed by atoms with E-state index < -0.39 is 0 Å². The van der Waals surface area contributed by atoms with Crippen LogP contribution >= 0.6 is 0 Å². The third kappa shape index (κ3) is 4.20. The molecule has 0 amide bonds. The summed E-state index contributed by atoms with van der Waals surface area (Å²) >= 11 is 0. The minimum atomic E-state index is 0.756. The van der Waals surface area contributed by atoms with Gasteiger partial charge in [0.15, 0.2) is 0 Å². The summed E-state index contributed by atoms with van der Waals surface area (Å²) in [6.45, 7) is 7.29. The quantitative estimate of drug-likeness (QED) is 0.865. The molecule has 4 heteroatoms. The molecule has 1 aliphatic heterocycles. The second kappa shape index (κ2) is 7.48. The van der Waals surface area contributed by atoms with Crippen molar-refractivity contribution in [2.45, 2.75) is 13.0 Å². The summed E-state index contributed by atoms with van der Waals surface area (Å²) in [7, 11) is 1.74. The monoisotopic (exact) mass is 263 g/mol. The summed E-state index contributed by atoms with van der Waals surface area (Å²) in [5.74, 6) is 0.991. The number of ether oxygens (including phenoxy) is 1. The van der Waals surface area contributed by atoms with Crippen LogP contribution in [0.1, 0.15) is 12.0 Å². The number of nitrogens with two attached hydrogens (primary N) is 1. The van der Waals surface area contributed by atoms with Crippen LogP contribution < -0.4 is 10.5 Å². The van der Waals surface area contributed by atoms with Gasteiger partial charge in [-0.25, -0.2) is 0 Å². The van der Waals surface area contributed by atoms with Crippen molar-refractivity contribution in [3.8, 4) is 5.75 Å². The minimum absolute atomic E-state index is 0.756. The Labute approximate surface area is 116 Å². The highest BCUT2D eigenvalue weighted by Crippen LogP contribution is 2.19. The molecule has 0 saturated carbocycles. The maximum atomic E-state index is 5.63. The Bertz CT molecular complexity index is 383. The molecular weight excluding hydrogens is 238 g/mol.